The van der Waals surface area contributed by atoms with Crippen molar-refractivity contribution in [2.75, 3.05) is 0 Å². The molecule has 2 aromatic carbocycles. The normalized spacial score (nSPS) is 12.2. The van der Waals surface area contributed by atoms with Crippen molar-refractivity contribution in [2.45, 2.75) is 45.5 Å². The molecule has 0 aliphatic heterocycles. The lowest BCUT2D eigenvalue weighted by molar-refractivity contribution is 0.112. The van der Waals surface area contributed by atoms with Crippen LogP contribution in [0.25, 0.3) is 11.1 Å². The average Bonchev–Trinajstić information content (AvgIpc) is 2.52. The van der Waals surface area contributed by atoms with Crippen LogP contribution in [-0.4, -0.2) is 14.6 Å². The van der Waals surface area contributed by atoms with Crippen molar-refractivity contribution >= 4 is 14.6 Å². The third-order valence-electron chi connectivity index (χ3n) is 4.74. The third-order valence-corrected chi connectivity index (χ3v) is 9.22. The van der Waals surface area contributed by atoms with Gasteiger partial charge in [0.15, 0.2) is 8.32 Å². The van der Waals surface area contributed by atoms with Gasteiger partial charge in [-0.05, 0) is 34.8 Å². The van der Waals surface area contributed by atoms with Crippen LogP contribution < -0.4 is 0 Å². The van der Waals surface area contributed by atoms with Crippen LogP contribution in [-0.2, 0) is 11.0 Å². The zero-order valence-corrected chi connectivity index (χ0v) is 15.7. The minimum atomic E-state index is -1.71. The molecule has 2 nitrogen and oxygen atoms in total. The molecule has 0 radical (unpaired) electrons. The quantitative estimate of drug-likeness (QED) is 0.521. The minimum Gasteiger partial charge on any atom is -0.413 e. The zero-order chi connectivity index (χ0) is 17.1. The van der Waals surface area contributed by atoms with E-state index < -0.39 is 8.32 Å². The average molecular weight is 327 g/mol. The van der Waals surface area contributed by atoms with Gasteiger partial charge in [0.05, 0.1) is 6.61 Å². The van der Waals surface area contributed by atoms with Crippen LogP contribution in [0.15, 0.2) is 48.5 Å². The lowest BCUT2D eigenvalue weighted by Gasteiger charge is -2.36. The molecule has 0 aliphatic carbocycles. The van der Waals surface area contributed by atoms with Crippen molar-refractivity contribution in [1.82, 2.24) is 0 Å². The van der Waals surface area contributed by atoms with Crippen LogP contribution in [0.3, 0.4) is 0 Å². The van der Waals surface area contributed by atoms with E-state index in [1.807, 2.05) is 24.3 Å². The molecular formula is C20H26O2Si. The van der Waals surface area contributed by atoms with E-state index in [4.69, 9.17) is 4.43 Å². The molecule has 0 aliphatic rings. The van der Waals surface area contributed by atoms with E-state index in [2.05, 4.69) is 58.1 Å². The first-order valence-corrected chi connectivity index (χ1v) is 10.9. The largest absolute Gasteiger partial charge is 0.413 e. The van der Waals surface area contributed by atoms with E-state index in [0.29, 0.717) is 12.2 Å². The first kappa shape index (κ1) is 17.6. The van der Waals surface area contributed by atoms with Gasteiger partial charge in [0.25, 0.3) is 0 Å². The van der Waals surface area contributed by atoms with Crippen molar-refractivity contribution in [3.63, 3.8) is 0 Å². The van der Waals surface area contributed by atoms with E-state index >= 15 is 0 Å². The maximum absolute atomic E-state index is 10.7. The second-order valence-corrected chi connectivity index (χ2v) is 12.3. The van der Waals surface area contributed by atoms with Gasteiger partial charge in [0.1, 0.15) is 6.29 Å². The number of hydrogen-bond acceptors (Lipinski definition) is 2. The number of aldehydes is 1. The number of benzene rings is 2. The van der Waals surface area contributed by atoms with Crippen LogP contribution in [0, 0.1) is 0 Å². The molecule has 122 valence electrons. The van der Waals surface area contributed by atoms with Crippen LogP contribution >= 0.6 is 0 Å². The fourth-order valence-electron chi connectivity index (χ4n) is 2.03. The maximum atomic E-state index is 10.7. The second-order valence-electron chi connectivity index (χ2n) is 7.49. The molecule has 2 rings (SSSR count). The summed E-state index contributed by atoms with van der Waals surface area (Å²) in [6, 6.07) is 16.1. The van der Waals surface area contributed by atoms with E-state index in [0.717, 1.165) is 17.4 Å². The first-order chi connectivity index (χ1) is 10.7. The maximum Gasteiger partial charge on any atom is 0.192 e. The number of carbonyl (C=O) groups excluding carboxylic acids is 1. The van der Waals surface area contributed by atoms with Gasteiger partial charge in [-0.1, -0.05) is 69.3 Å². The molecule has 0 saturated heterocycles. The summed E-state index contributed by atoms with van der Waals surface area (Å²) in [6.07, 6.45) is 0.866. The summed E-state index contributed by atoms with van der Waals surface area (Å²) >= 11 is 0. The molecule has 0 spiro atoms. The molecule has 0 fully saturated rings. The van der Waals surface area contributed by atoms with Gasteiger partial charge >= 0.3 is 0 Å². The molecule has 0 heterocycles. The Balaban J connectivity index is 2.06. The fraction of sp³-hybridized carbons (Fsp3) is 0.350. The van der Waals surface area contributed by atoms with Crippen LogP contribution in [0.4, 0.5) is 0 Å². The topological polar surface area (TPSA) is 26.3 Å². The van der Waals surface area contributed by atoms with Gasteiger partial charge in [0.2, 0.25) is 0 Å². The first-order valence-electron chi connectivity index (χ1n) is 8.01. The third kappa shape index (κ3) is 4.40. The van der Waals surface area contributed by atoms with Crippen molar-refractivity contribution in [2.24, 2.45) is 0 Å². The van der Waals surface area contributed by atoms with Crippen molar-refractivity contribution in [3.05, 3.63) is 59.7 Å². The van der Waals surface area contributed by atoms with E-state index in [1.54, 1.807) is 0 Å². The van der Waals surface area contributed by atoms with Crippen LogP contribution in [0.2, 0.25) is 18.1 Å². The Hall–Kier alpha value is -1.71. The lowest BCUT2D eigenvalue weighted by Crippen LogP contribution is -2.40. The molecule has 0 saturated carbocycles. The summed E-state index contributed by atoms with van der Waals surface area (Å²) in [5.41, 5.74) is 4.17. The number of carbonyl (C=O) groups is 1. The smallest absolute Gasteiger partial charge is 0.192 e. The van der Waals surface area contributed by atoms with E-state index in [1.165, 1.54) is 5.56 Å². The van der Waals surface area contributed by atoms with E-state index in [-0.39, 0.29) is 5.04 Å². The highest BCUT2D eigenvalue weighted by atomic mass is 28.4. The van der Waals surface area contributed by atoms with Gasteiger partial charge in [-0.3, -0.25) is 4.79 Å². The summed E-state index contributed by atoms with van der Waals surface area (Å²) in [5.74, 6) is 0. The Kier molecular flexibility index (Phi) is 5.22. The van der Waals surface area contributed by atoms with Crippen LogP contribution in [0.5, 0.6) is 0 Å². The predicted molar refractivity (Wildman–Crippen MR) is 99.3 cm³/mol. The summed E-state index contributed by atoms with van der Waals surface area (Å²) in [7, 11) is -1.71. The Morgan fingerprint density at radius 2 is 1.39 bits per heavy atom. The molecule has 0 bridgehead atoms. The van der Waals surface area contributed by atoms with Crippen LogP contribution in [0.1, 0.15) is 36.7 Å². The lowest BCUT2D eigenvalue weighted by atomic mass is 10.0. The van der Waals surface area contributed by atoms with Gasteiger partial charge in [-0.25, -0.2) is 0 Å². The van der Waals surface area contributed by atoms with Crippen molar-refractivity contribution in [1.29, 1.82) is 0 Å². The molecule has 3 heteroatoms. The molecule has 23 heavy (non-hydrogen) atoms. The monoisotopic (exact) mass is 326 g/mol. The molecule has 0 aromatic heterocycles. The highest BCUT2D eigenvalue weighted by molar-refractivity contribution is 6.74. The molecule has 2 aromatic rings. The Morgan fingerprint density at radius 1 is 0.913 bits per heavy atom. The second kappa shape index (κ2) is 6.81. The standard InChI is InChI=1S/C20H26O2Si/c1-20(2,3)23(4,5)22-15-17-8-12-19(13-9-17)18-10-6-16(14-21)7-11-18/h6-14H,15H2,1-5H3. The highest BCUT2D eigenvalue weighted by Gasteiger charge is 2.36. The van der Waals surface area contributed by atoms with Gasteiger partial charge in [-0.15, -0.1) is 0 Å². The Bertz CT molecular complexity index is 650. The van der Waals surface area contributed by atoms with Gasteiger partial charge in [-0.2, -0.15) is 0 Å². The Labute approximate surface area is 140 Å². The number of rotatable bonds is 5. The summed E-state index contributed by atoms with van der Waals surface area (Å²) in [5, 5.41) is 0.229. The number of hydrogen-bond donors (Lipinski definition) is 0. The molecule has 0 atom stereocenters. The van der Waals surface area contributed by atoms with Crippen molar-refractivity contribution in [3.8, 4) is 11.1 Å². The van der Waals surface area contributed by atoms with Crippen molar-refractivity contribution < 1.29 is 9.22 Å². The summed E-state index contributed by atoms with van der Waals surface area (Å²) in [6.45, 7) is 12.0. The van der Waals surface area contributed by atoms with E-state index in [9.17, 15) is 4.79 Å². The van der Waals surface area contributed by atoms with Gasteiger partial charge in [0, 0.05) is 5.56 Å². The SMILES string of the molecule is CC(C)(C)[Si](C)(C)OCc1ccc(-c2ccc(C=O)cc2)cc1. The summed E-state index contributed by atoms with van der Waals surface area (Å²) in [4.78, 5) is 10.7. The highest BCUT2D eigenvalue weighted by Crippen LogP contribution is 2.37. The molecular weight excluding hydrogens is 300 g/mol. The molecule has 0 amide bonds. The fourth-order valence-corrected chi connectivity index (χ4v) is 2.99. The Morgan fingerprint density at radius 3 is 1.83 bits per heavy atom. The predicted octanol–water partition coefficient (Wildman–Crippen LogP) is 5.69. The molecule has 0 N–H and O–H groups in total. The zero-order valence-electron chi connectivity index (χ0n) is 14.7. The molecule has 0 unspecified atom stereocenters. The minimum absolute atomic E-state index is 0.229. The van der Waals surface area contributed by atoms with Gasteiger partial charge < -0.3 is 4.43 Å². The summed E-state index contributed by atoms with van der Waals surface area (Å²) < 4.78 is 6.26.